The van der Waals surface area contributed by atoms with Crippen molar-refractivity contribution in [3.8, 4) is 12.3 Å². The van der Waals surface area contributed by atoms with Gasteiger partial charge in [-0.15, -0.1) is 6.42 Å². The minimum absolute atomic E-state index is 0.131. The number of carbonyl (C=O) groups is 1. The molecule has 0 aliphatic carbocycles. The normalized spacial score (nSPS) is 15.6. The number of anilines is 1. The van der Waals surface area contributed by atoms with Gasteiger partial charge in [-0.05, 0) is 18.6 Å². The van der Waals surface area contributed by atoms with Crippen LogP contribution in [0.15, 0.2) is 18.3 Å². The molecular weight excluding hydrogens is 176 g/mol. The number of pyridine rings is 1. The lowest BCUT2D eigenvalue weighted by atomic mass is 10.2. The summed E-state index contributed by atoms with van der Waals surface area (Å²) in [7, 11) is 0. The summed E-state index contributed by atoms with van der Waals surface area (Å²) in [4.78, 5) is 17.2. The fourth-order valence-electron chi connectivity index (χ4n) is 1.55. The number of amides is 1. The van der Waals surface area contributed by atoms with Crippen LogP contribution in [-0.2, 0) is 4.79 Å². The second-order valence-electron chi connectivity index (χ2n) is 3.20. The number of carbonyl (C=O) groups excluding carboxylic acids is 1. The van der Waals surface area contributed by atoms with Crippen molar-refractivity contribution in [1.29, 1.82) is 0 Å². The Morgan fingerprint density at radius 1 is 1.57 bits per heavy atom. The molecule has 0 radical (unpaired) electrons. The van der Waals surface area contributed by atoms with Crippen molar-refractivity contribution in [2.24, 2.45) is 0 Å². The van der Waals surface area contributed by atoms with Crippen molar-refractivity contribution in [2.45, 2.75) is 12.8 Å². The zero-order chi connectivity index (χ0) is 9.97. The van der Waals surface area contributed by atoms with Gasteiger partial charge < -0.3 is 0 Å². The van der Waals surface area contributed by atoms with Gasteiger partial charge >= 0.3 is 0 Å². The van der Waals surface area contributed by atoms with Gasteiger partial charge in [0.2, 0.25) is 5.91 Å². The lowest BCUT2D eigenvalue weighted by Gasteiger charge is -2.13. The Hall–Kier alpha value is -1.82. The van der Waals surface area contributed by atoms with Crippen molar-refractivity contribution in [1.82, 2.24) is 4.98 Å². The Morgan fingerprint density at radius 2 is 2.43 bits per heavy atom. The van der Waals surface area contributed by atoms with Gasteiger partial charge in [0.15, 0.2) is 0 Å². The summed E-state index contributed by atoms with van der Waals surface area (Å²) in [6.07, 6.45) is 8.42. The van der Waals surface area contributed by atoms with Crippen LogP contribution in [0.2, 0.25) is 0 Å². The third kappa shape index (κ3) is 1.47. The van der Waals surface area contributed by atoms with E-state index in [1.807, 2.05) is 0 Å². The van der Waals surface area contributed by atoms with E-state index in [9.17, 15) is 4.79 Å². The second kappa shape index (κ2) is 3.51. The molecule has 3 heteroatoms. The first-order valence-corrected chi connectivity index (χ1v) is 4.54. The number of terminal acetylenes is 1. The molecule has 1 amide bonds. The molecule has 0 saturated carbocycles. The molecule has 1 aromatic rings. The zero-order valence-electron chi connectivity index (χ0n) is 7.73. The zero-order valence-corrected chi connectivity index (χ0v) is 7.73. The molecule has 1 fully saturated rings. The van der Waals surface area contributed by atoms with Crippen LogP contribution >= 0.6 is 0 Å². The van der Waals surface area contributed by atoms with Gasteiger partial charge in [-0.3, -0.25) is 9.69 Å². The van der Waals surface area contributed by atoms with E-state index in [1.165, 1.54) is 0 Å². The Kier molecular flexibility index (Phi) is 2.19. The van der Waals surface area contributed by atoms with Crippen molar-refractivity contribution in [2.75, 3.05) is 11.4 Å². The van der Waals surface area contributed by atoms with E-state index in [-0.39, 0.29) is 5.91 Å². The van der Waals surface area contributed by atoms with Crippen molar-refractivity contribution < 1.29 is 4.79 Å². The molecule has 70 valence electrons. The van der Waals surface area contributed by atoms with Crippen LogP contribution in [0.3, 0.4) is 0 Å². The fraction of sp³-hybridized carbons (Fsp3) is 0.273. The SMILES string of the molecule is C#Cc1ccnc(N2CCCC2=O)c1. The van der Waals surface area contributed by atoms with Crippen LogP contribution in [0.4, 0.5) is 5.82 Å². The molecule has 0 bridgehead atoms. The third-order valence-electron chi connectivity index (χ3n) is 2.26. The second-order valence-corrected chi connectivity index (χ2v) is 3.20. The smallest absolute Gasteiger partial charge is 0.228 e. The highest BCUT2D eigenvalue weighted by Crippen LogP contribution is 2.19. The molecule has 14 heavy (non-hydrogen) atoms. The van der Waals surface area contributed by atoms with E-state index >= 15 is 0 Å². The lowest BCUT2D eigenvalue weighted by Crippen LogP contribution is -2.24. The standard InChI is InChI=1S/C11H10N2O/c1-2-9-5-6-12-10(8-9)13-7-3-4-11(13)14/h1,5-6,8H,3-4,7H2. The highest BCUT2D eigenvalue weighted by molar-refractivity contribution is 5.94. The Morgan fingerprint density at radius 3 is 3.07 bits per heavy atom. The van der Waals surface area contributed by atoms with Gasteiger partial charge in [0.05, 0.1) is 0 Å². The molecule has 3 nitrogen and oxygen atoms in total. The van der Waals surface area contributed by atoms with Crippen LogP contribution in [-0.4, -0.2) is 17.4 Å². The van der Waals surface area contributed by atoms with E-state index in [1.54, 1.807) is 23.2 Å². The predicted octanol–water partition coefficient (Wildman–Crippen LogP) is 1.19. The number of nitrogens with zero attached hydrogens (tertiary/aromatic N) is 2. The predicted molar refractivity (Wildman–Crippen MR) is 53.8 cm³/mol. The molecule has 2 heterocycles. The summed E-state index contributed by atoms with van der Waals surface area (Å²) in [6.45, 7) is 0.750. The number of aromatic nitrogens is 1. The first-order valence-electron chi connectivity index (χ1n) is 4.54. The first-order chi connectivity index (χ1) is 6.81. The molecule has 0 spiro atoms. The summed E-state index contributed by atoms with van der Waals surface area (Å²) in [6, 6.07) is 3.52. The summed E-state index contributed by atoms with van der Waals surface area (Å²) >= 11 is 0. The van der Waals surface area contributed by atoms with Crippen LogP contribution in [0.5, 0.6) is 0 Å². The van der Waals surface area contributed by atoms with Gasteiger partial charge in [0.25, 0.3) is 0 Å². The van der Waals surface area contributed by atoms with Crippen LogP contribution in [0, 0.1) is 12.3 Å². The average molecular weight is 186 g/mol. The average Bonchev–Trinajstić information content (AvgIpc) is 2.65. The van der Waals surface area contributed by atoms with E-state index in [0.29, 0.717) is 12.2 Å². The highest BCUT2D eigenvalue weighted by atomic mass is 16.2. The van der Waals surface area contributed by atoms with Gasteiger partial charge in [-0.2, -0.15) is 0 Å². The monoisotopic (exact) mass is 186 g/mol. The molecule has 1 saturated heterocycles. The van der Waals surface area contributed by atoms with Crippen molar-refractivity contribution in [3.05, 3.63) is 23.9 Å². The van der Waals surface area contributed by atoms with Crippen molar-refractivity contribution in [3.63, 3.8) is 0 Å². The molecule has 1 aliphatic heterocycles. The largest absolute Gasteiger partial charge is 0.297 e. The molecule has 0 unspecified atom stereocenters. The molecule has 2 rings (SSSR count). The maximum absolute atomic E-state index is 11.4. The van der Waals surface area contributed by atoms with E-state index < -0.39 is 0 Å². The summed E-state index contributed by atoms with van der Waals surface area (Å²) in [5.41, 5.74) is 0.759. The molecule has 1 aliphatic rings. The first kappa shape index (κ1) is 8.76. The van der Waals surface area contributed by atoms with Crippen LogP contribution in [0.25, 0.3) is 0 Å². The molecule has 0 atom stereocenters. The van der Waals surface area contributed by atoms with Gasteiger partial charge in [-0.25, -0.2) is 4.98 Å². The molecule has 0 aromatic carbocycles. The van der Waals surface area contributed by atoms with Gasteiger partial charge in [0.1, 0.15) is 5.82 Å². The van der Waals surface area contributed by atoms with Gasteiger partial charge in [0, 0.05) is 24.7 Å². The fourth-order valence-corrected chi connectivity index (χ4v) is 1.55. The number of rotatable bonds is 1. The quantitative estimate of drug-likeness (QED) is 0.617. The summed E-state index contributed by atoms with van der Waals surface area (Å²) in [5, 5.41) is 0. The van der Waals surface area contributed by atoms with Crippen LogP contribution in [0.1, 0.15) is 18.4 Å². The lowest BCUT2D eigenvalue weighted by molar-refractivity contribution is -0.117. The van der Waals surface area contributed by atoms with Gasteiger partial charge in [-0.1, -0.05) is 5.92 Å². The topological polar surface area (TPSA) is 33.2 Å². The third-order valence-corrected chi connectivity index (χ3v) is 2.26. The van der Waals surface area contributed by atoms with E-state index in [2.05, 4.69) is 10.9 Å². The Labute approximate surface area is 82.8 Å². The maximum atomic E-state index is 11.4. The Bertz CT molecular complexity index is 406. The minimum Gasteiger partial charge on any atom is -0.297 e. The van der Waals surface area contributed by atoms with Crippen molar-refractivity contribution >= 4 is 11.7 Å². The van der Waals surface area contributed by atoms with Crippen LogP contribution < -0.4 is 4.90 Å². The number of hydrogen-bond acceptors (Lipinski definition) is 2. The Balaban J connectivity index is 2.32. The maximum Gasteiger partial charge on any atom is 0.228 e. The summed E-state index contributed by atoms with van der Waals surface area (Å²) in [5.74, 6) is 3.33. The molecular formula is C11H10N2O. The highest BCUT2D eigenvalue weighted by Gasteiger charge is 2.22. The summed E-state index contributed by atoms with van der Waals surface area (Å²) < 4.78 is 0. The minimum atomic E-state index is 0.131. The van der Waals surface area contributed by atoms with E-state index in [4.69, 9.17) is 6.42 Å². The van der Waals surface area contributed by atoms with E-state index in [0.717, 1.165) is 18.5 Å². The molecule has 0 N–H and O–H groups in total. The number of hydrogen-bond donors (Lipinski definition) is 0. The molecule has 1 aromatic heterocycles.